The molecule has 0 bridgehead atoms. The summed E-state index contributed by atoms with van der Waals surface area (Å²) in [7, 11) is 3.03. The molecule has 0 radical (unpaired) electrons. The molecule has 0 saturated carbocycles. The smallest absolute Gasteiger partial charge is 0.251 e. The highest BCUT2D eigenvalue weighted by Crippen LogP contribution is 2.36. The first kappa shape index (κ1) is 19.5. The van der Waals surface area contributed by atoms with E-state index in [9.17, 15) is 4.79 Å². The third-order valence-electron chi connectivity index (χ3n) is 4.85. The second-order valence-electron chi connectivity index (χ2n) is 6.63. The van der Waals surface area contributed by atoms with Crippen LogP contribution in [0.3, 0.4) is 0 Å². The Morgan fingerprint density at radius 1 is 1.11 bits per heavy atom. The molecule has 1 fully saturated rings. The summed E-state index contributed by atoms with van der Waals surface area (Å²) in [5, 5.41) is 3.33. The van der Waals surface area contributed by atoms with Gasteiger partial charge in [0.05, 0.1) is 19.2 Å². The van der Waals surface area contributed by atoms with Crippen molar-refractivity contribution in [1.29, 1.82) is 0 Å². The van der Waals surface area contributed by atoms with E-state index in [1.807, 2.05) is 12.1 Å². The number of hydrogen-bond acceptors (Lipinski definition) is 4. The summed E-state index contributed by atoms with van der Waals surface area (Å²) >= 11 is 6.20. The highest BCUT2D eigenvalue weighted by Gasteiger charge is 2.16. The zero-order valence-electron chi connectivity index (χ0n) is 15.8. The average Bonchev–Trinajstić information content (AvgIpc) is 3.19. The maximum Gasteiger partial charge on any atom is 0.251 e. The molecule has 2 aromatic rings. The number of rotatable bonds is 7. The number of nitrogens with one attached hydrogen (secondary N) is 1. The summed E-state index contributed by atoms with van der Waals surface area (Å²) in [6, 6.07) is 11.5. The molecule has 1 amide bonds. The molecule has 144 valence electrons. The van der Waals surface area contributed by atoms with Crippen LogP contribution in [0.25, 0.3) is 0 Å². The van der Waals surface area contributed by atoms with E-state index < -0.39 is 0 Å². The Hall–Kier alpha value is -2.24. The van der Waals surface area contributed by atoms with Gasteiger partial charge in [-0.25, -0.2) is 0 Å². The van der Waals surface area contributed by atoms with Crippen LogP contribution < -0.4 is 14.8 Å². The van der Waals surface area contributed by atoms with E-state index in [-0.39, 0.29) is 5.91 Å². The van der Waals surface area contributed by atoms with Crippen LogP contribution in [-0.4, -0.2) is 38.1 Å². The number of carbonyl (C=O) groups is 1. The van der Waals surface area contributed by atoms with Gasteiger partial charge in [-0.2, -0.15) is 0 Å². The van der Waals surface area contributed by atoms with Crippen molar-refractivity contribution in [2.75, 3.05) is 27.3 Å². The monoisotopic (exact) mass is 388 g/mol. The SMILES string of the molecule is COc1cc(C(=O)NCc2ccccc2CN2CCCC2)cc(Cl)c1OC. The lowest BCUT2D eigenvalue weighted by Gasteiger charge is -2.18. The molecule has 0 unspecified atom stereocenters. The quantitative estimate of drug-likeness (QED) is 0.782. The molecule has 1 N–H and O–H groups in total. The first-order valence-corrected chi connectivity index (χ1v) is 9.49. The van der Waals surface area contributed by atoms with Gasteiger partial charge in [-0.3, -0.25) is 9.69 Å². The van der Waals surface area contributed by atoms with Gasteiger partial charge in [-0.1, -0.05) is 35.9 Å². The van der Waals surface area contributed by atoms with Crippen molar-refractivity contribution in [3.8, 4) is 11.5 Å². The summed E-state index contributed by atoms with van der Waals surface area (Å²) < 4.78 is 10.5. The number of nitrogens with zero attached hydrogens (tertiary/aromatic N) is 1. The Bertz CT molecular complexity index is 804. The molecule has 1 aliphatic heterocycles. The Labute approximate surface area is 165 Å². The van der Waals surface area contributed by atoms with Crippen LogP contribution in [0.15, 0.2) is 36.4 Å². The molecule has 1 saturated heterocycles. The summed E-state index contributed by atoms with van der Waals surface area (Å²) in [4.78, 5) is 15.1. The van der Waals surface area contributed by atoms with Gasteiger partial charge in [0.2, 0.25) is 0 Å². The fourth-order valence-electron chi connectivity index (χ4n) is 3.39. The minimum absolute atomic E-state index is 0.200. The second kappa shape index (κ2) is 9.11. The minimum atomic E-state index is -0.200. The number of benzene rings is 2. The van der Waals surface area contributed by atoms with Crippen molar-refractivity contribution in [1.82, 2.24) is 10.2 Å². The molecule has 3 rings (SSSR count). The van der Waals surface area contributed by atoms with E-state index in [4.69, 9.17) is 21.1 Å². The molecular weight excluding hydrogens is 364 g/mol. The predicted octanol–water partition coefficient (Wildman–Crippen LogP) is 3.88. The number of hydrogen-bond donors (Lipinski definition) is 1. The number of carbonyl (C=O) groups excluding carboxylic acids is 1. The summed E-state index contributed by atoms with van der Waals surface area (Å²) in [6.07, 6.45) is 2.53. The molecular formula is C21H25ClN2O3. The van der Waals surface area contributed by atoms with Crippen LogP contribution in [0.1, 0.15) is 34.3 Å². The number of halogens is 1. The number of ether oxygens (including phenoxy) is 2. The zero-order valence-corrected chi connectivity index (χ0v) is 16.5. The Kier molecular flexibility index (Phi) is 6.58. The highest BCUT2D eigenvalue weighted by atomic mass is 35.5. The Morgan fingerprint density at radius 2 is 1.81 bits per heavy atom. The molecule has 0 atom stereocenters. The molecule has 27 heavy (non-hydrogen) atoms. The lowest BCUT2D eigenvalue weighted by Crippen LogP contribution is -2.25. The number of likely N-dealkylation sites (tertiary alicyclic amines) is 1. The van der Waals surface area contributed by atoms with Gasteiger partial charge in [0, 0.05) is 18.7 Å². The summed E-state index contributed by atoms with van der Waals surface area (Å²) in [6.45, 7) is 3.68. The fraction of sp³-hybridized carbons (Fsp3) is 0.381. The zero-order chi connectivity index (χ0) is 19.2. The van der Waals surface area contributed by atoms with E-state index >= 15 is 0 Å². The molecule has 2 aromatic carbocycles. The first-order chi connectivity index (χ1) is 13.1. The van der Waals surface area contributed by atoms with Crippen molar-refractivity contribution in [2.24, 2.45) is 0 Å². The molecule has 1 aliphatic rings. The average molecular weight is 389 g/mol. The van der Waals surface area contributed by atoms with Crippen LogP contribution in [0.2, 0.25) is 5.02 Å². The summed E-state index contributed by atoms with van der Waals surface area (Å²) in [5.74, 6) is 0.657. The third-order valence-corrected chi connectivity index (χ3v) is 5.13. The van der Waals surface area contributed by atoms with E-state index in [1.54, 1.807) is 12.1 Å². The standard InChI is InChI=1S/C21H25ClN2O3/c1-26-19-12-17(11-18(22)20(19)27-2)21(25)23-13-15-7-3-4-8-16(15)14-24-9-5-6-10-24/h3-4,7-8,11-12H,5-6,9-10,13-14H2,1-2H3,(H,23,25). The van der Waals surface area contributed by atoms with Crippen LogP contribution >= 0.6 is 11.6 Å². The summed E-state index contributed by atoms with van der Waals surface area (Å²) in [5.41, 5.74) is 2.82. The lowest BCUT2D eigenvalue weighted by molar-refractivity contribution is 0.0950. The number of amides is 1. The van der Waals surface area contributed by atoms with Gasteiger partial charge in [0.15, 0.2) is 11.5 Å². The maximum atomic E-state index is 12.6. The highest BCUT2D eigenvalue weighted by molar-refractivity contribution is 6.32. The molecule has 5 nitrogen and oxygen atoms in total. The molecule has 1 heterocycles. The minimum Gasteiger partial charge on any atom is -0.493 e. The largest absolute Gasteiger partial charge is 0.493 e. The maximum absolute atomic E-state index is 12.6. The van der Waals surface area contributed by atoms with Crippen LogP contribution in [0.4, 0.5) is 0 Å². The van der Waals surface area contributed by atoms with Gasteiger partial charge in [-0.15, -0.1) is 0 Å². The topological polar surface area (TPSA) is 50.8 Å². The Morgan fingerprint density at radius 3 is 2.48 bits per heavy atom. The molecule has 0 spiro atoms. The van der Waals surface area contributed by atoms with Gasteiger partial charge >= 0.3 is 0 Å². The van der Waals surface area contributed by atoms with Crippen molar-refractivity contribution >= 4 is 17.5 Å². The van der Waals surface area contributed by atoms with Crippen LogP contribution in [0.5, 0.6) is 11.5 Å². The van der Waals surface area contributed by atoms with Crippen LogP contribution in [-0.2, 0) is 13.1 Å². The lowest BCUT2D eigenvalue weighted by atomic mass is 10.1. The van der Waals surface area contributed by atoms with Crippen molar-refractivity contribution in [2.45, 2.75) is 25.9 Å². The van der Waals surface area contributed by atoms with Gasteiger partial charge in [-0.05, 0) is 49.2 Å². The Balaban J connectivity index is 1.70. The first-order valence-electron chi connectivity index (χ1n) is 9.11. The van der Waals surface area contributed by atoms with Gasteiger partial charge in [0.1, 0.15) is 0 Å². The molecule has 0 aromatic heterocycles. The van der Waals surface area contributed by atoms with E-state index in [0.29, 0.717) is 28.6 Å². The van der Waals surface area contributed by atoms with Crippen molar-refractivity contribution in [3.05, 3.63) is 58.1 Å². The van der Waals surface area contributed by atoms with E-state index in [1.165, 1.54) is 32.6 Å². The van der Waals surface area contributed by atoms with Gasteiger partial charge in [0.25, 0.3) is 5.91 Å². The van der Waals surface area contributed by atoms with Crippen molar-refractivity contribution in [3.63, 3.8) is 0 Å². The third kappa shape index (κ3) is 4.73. The normalized spacial score (nSPS) is 14.2. The van der Waals surface area contributed by atoms with E-state index in [2.05, 4.69) is 22.3 Å². The molecule has 6 heteroatoms. The van der Waals surface area contributed by atoms with Gasteiger partial charge < -0.3 is 14.8 Å². The number of methoxy groups -OCH3 is 2. The van der Waals surface area contributed by atoms with E-state index in [0.717, 1.165) is 25.2 Å². The van der Waals surface area contributed by atoms with Crippen molar-refractivity contribution < 1.29 is 14.3 Å². The molecule has 0 aliphatic carbocycles. The van der Waals surface area contributed by atoms with Crippen LogP contribution in [0, 0.1) is 0 Å². The fourth-order valence-corrected chi connectivity index (χ4v) is 3.68. The predicted molar refractivity (Wildman–Crippen MR) is 107 cm³/mol. The second-order valence-corrected chi connectivity index (χ2v) is 7.04.